The number of carbonyl (C=O) groups is 1. The standard InChI is InChI=1S/C14H20N2O/c1-11-7-8-16(10-11)14(17)13(15)9-12-5-3-2-4-6-12/h2-6,11,13H,7-10,15H2,1H3/t11?,13-/m0/s1. The number of hydrogen-bond acceptors (Lipinski definition) is 2. The summed E-state index contributed by atoms with van der Waals surface area (Å²) >= 11 is 0. The topological polar surface area (TPSA) is 46.3 Å². The third-order valence-electron chi connectivity index (χ3n) is 3.35. The summed E-state index contributed by atoms with van der Waals surface area (Å²) in [5.74, 6) is 0.709. The molecule has 1 saturated heterocycles. The van der Waals surface area contributed by atoms with Crippen molar-refractivity contribution in [3.63, 3.8) is 0 Å². The highest BCUT2D eigenvalue weighted by atomic mass is 16.2. The predicted octanol–water partition coefficient (Wildman–Crippen LogP) is 1.42. The van der Waals surface area contributed by atoms with Crippen molar-refractivity contribution in [2.75, 3.05) is 13.1 Å². The average molecular weight is 232 g/mol. The van der Waals surface area contributed by atoms with E-state index in [-0.39, 0.29) is 5.91 Å². The van der Waals surface area contributed by atoms with Crippen LogP contribution < -0.4 is 5.73 Å². The monoisotopic (exact) mass is 232 g/mol. The third kappa shape index (κ3) is 3.07. The highest BCUT2D eigenvalue weighted by Gasteiger charge is 2.26. The average Bonchev–Trinajstić information content (AvgIpc) is 2.76. The van der Waals surface area contributed by atoms with Crippen LogP contribution in [-0.2, 0) is 11.2 Å². The number of nitrogens with zero attached hydrogens (tertiary/aromatic N) is 1. The van der Waals surface area contributed by atoms with E-state index in [4.69, 9.17) is 5.73 Å². The van der Waals surface area contributed by atoms with Crippen molar-refractivity contribution in [3.05, 3.63) is 35.9 Å². The van der Waals surface area contributed by atoms with E-state index < -0.39 is 6.04 Å². The predicted molar refractivity (Wildman–Crippen MR) is 68.5 cm³/mol. The van der Waals surface area contributed by atoms with E-state index in [1.165, 1.54) is 0 Å². The van der Waals surface area contributed by atoms with Gasteiger partial charge in [0.05, 0.1) is 6.04 Å². The molecule has 1 heterocycles. The highest BCUT2D eigenvalue weighted by Crippen LogP contribution is 2.16. The number of nitrogens with two attached hydrogens (primary N) is 1. The van der Waals surface area contributed by atoms with Crippen LogP contribution in [0.3, 0.4) is 0 Å². The lowest BCUT2D eigenvalue weighted by atomic mass is 10.1. The van der Waals surface area contributed by atoms with E-state index in [0.29, 0.717) is 12.3 Å². The summed E-state index contributed by atoms with van der Waals surface area (Å²) in [7, 11) is 0. The van der Waals surface area contributed by atoms with Crippen LogP contribution in [0.25, 0.3) is 0 Å². The van der Waals surface area contributed by atoms with Gasteiger partial charge in [-0.1, -0.05) is 37.3 Å². The maximum Gasteiger partial charge on any atom is 0.239 e. The van der Waals surface area contributed by atoms with Gasteiger partial charge in [0.25, 0.3) is 0 Å². The molecule has 1 fully saturated rings. The molecule has 92 valence electrons. The Morgan fingerprint density at radius 3 is 2.76 bits per heavy atom. The van der Waals surface area contributed by atoms with Crippen LogP contribution in [0.1, 0.15) is 18.9 Å². The maximum absolute atomic E-state index is 12.1. The van der Waals surface area contributed by atoms with Crippen molar-refractivity contribution in [3.8, 4) is 0 Å². The Morgan fingerprint density at radius 1 is 1.47 bits per heavy atom. The van der Waals surface area contributed by atoms with Gasteiger partial charge >= 0.3 is 0 Å². The molecule has 1 unspecified atom stereocenters. The Bertz CT molecular complexity index is 377. The van der Waals surface area contributed by atoms with Crippen molar-refractivity contribution in [2.24, 2.45) is 11.7 Å². The van der Waals surface area contributed by atoms with Gasteiger partial charge in [0, 0.05) is 13.1 Å². The largest absolute Gasteiger partial charge is 0.341 e. The molecule has 1 aromatic carbocycles. The van der Waals surface area contributed by atoms with E-state index in [2.05, 4.69) is 6.92 Å². The van der Waals surface area contributed by atoms with Gasteiger partial charge in [0.2, 0.25) is 5.91 Å². The molecule has 1 aliphatic rings. The summed E-state index contributed by atoms with van der Waals surface area (Å²) in [6, 6.07) is 9.55. The van der Waals surface area contributed by atoms with Gasteiger partial charge in [0.15, 0.2) is 0 Å². The summed E-state index contributed by atoms with van der Waals surface area (Å²) in [6.45, 7) is 3.90. The smallest absolute Gasteiger partial charge is 0.239 e. The molecule has 0 radical (unpaired) electrons. The van der Waals surface area contributed by atoms with Crippen LogP contribution >= 0.6 is 0 Å². The first-order valence-electron chi connectivity index (χ1n) is 6.25. The number of likely N-dealkylation sites (tertiary alicyclic amines) is 1. The van der Waals surface area contributed by atoms with E-state index >= 15 is 0 Å². The van der Waals surface area contributed by atoms with E-state index in [9.17, 15) is 4.79 Å². The van der Waals surface area contributed by atoms with Crippen molar-refractivity contribution in [1.29, 1.82) is 0 Å². The lowest BCUT2D eigenvalue weighted by molar-refractivity contribution is -0.131. The van der Waals surface area contributed by atoms with Crippen LogP contribution in [0.4, 0.5) is 0 Å². The molecule has 17 heavy (non-hydrogen) atoms. The van der Waals surface area contributed by atoms with E-state index in [1.54, 1.807) is 0 Å². The Labute approximate surface area is 103 Å². The Balaban J connectivity index is 1.92. The molecule has 0 aromatic heterocycles. The van der Waals surface area contributed by atoms with Crippen molar-refractivity contribution >= 4 is 5.91 Å². The highest BCUT2D eigenvalue weighted by molar-refractivity contribution is 5.82. The summed E-state index contributed by atoms with van der Waals surface area (Å²) in [5.41, 5.74) is 7.11. The molecule has 3 nitrogen and oxygen atoms in total. The molecule has 0 spiro atoms. The SMILES string of the molecule is CC1CCN(C(=O)[C@@H](N)Cc2ccccc2)C1. The minimum Gasteiger partial charge on any atom is -0.341 e. The second-order valence-electron chi connectivity index (χ2n) is 4.97. The number of rotatable bonds is 3. The van der Waals surface area contributed by atoms with Gasteiger partial charge in [-0.2, -0.15) is 0 Å². The summed E-state index contributed by atoms with van der Waals surface area (Å²) in [5, 5.41) is 0. The first kappa shape index (κ1) is 12.1. The second-order valence-corrected chi connectivity index (χ2v) is 4.97. The number of hydrogen-bond donors (Lipinski definition) is 1. The number of amides is 1. The molecule has 2 rings (SSSR count). The number of carbonyl (C=O) groups excluding carboxylic acids is 1. The van der Waals surface area contributed by atoms with Crippen LogP contribution in [0.2, 0.25) is 0 Å². The molecule has 1 aromatic rings. The molecule has 2 atom stereocenters. The first-order valence-corrected chi connectivity index (χ1v) is 6.25. The van der Waals surface area contributed by atoms with Gasteiger partial charge in [-0.25, -0.2) is 0 Å². The quantitative estimate of drug-likeness (QED) is 0.857. The lowest BCUT2D eigenvalue weighted by Gasteiger charge is -2.20. The Morgan fingerprint density at radius 2 is 2.18 bits per heavy atom. The fraction of sp³-hybridized carbons (Fsp3) is 0.500. The fourth-order valence-electron chi connectivity index (χ4n) is 2.33. The molecule has 0 bridgehead atoms. The van der Waals surface area contributed by atoms with Crippen molar-refractivity contribution < 1.29 is 4.79 Å². The number of benzene rings is 1. The summed E-state index contributed by atoms with van der Waals surface area (Å²) in [6.07, 6.45) is 1.73. The molecular formula is C14H20N2O. The minimum absolute atomic E-state index is 0.0956. The molecule has 3 heteroatoms. The maximum atomic E-state index is 12.1. The zero-order valence-electron chi connectivity index (χ0n) is 10.3. The molecular weight excluding hydrogens is 212 g/mol. The van der Waals surface area contributed by atoms with E-state index in [1.807, 2.05) is 35.2 Å². The van der Waals surface area contributed by atoms with Gasteiger partial charge in [0.1, 0.15) is 0 Å². The molecule has 0 aliphatic carbocycles. The molecule has 0 saturated carbocycles. The molecule has 1 amide bonds. The van der Waals surface area contributed by atoms with Crippen molar-refractivity contribution in [1.82, 2.24) is 4.90 Å². The fourth-order valence-corrected chi connectivity index (χ4v) is 2.33. The first-order chi connectivity index (χ1) is 8.16. The second kappa shape index (κ2) is 5.32. The van der Waals surface area contributed by atoms with E-state index in [0.717, 1.165) is 25.1 Å². The third-order valence-corrected chi connectivity index (χ3v) is 3.35. The zero-order valence-corrected chi connectivity index (χ0v) is 10.3. The molecule has 2 N–H and O–H groups in total. The lowest BCUT2D eigenvalue weighted by Crippen LogP contribution is -2.43. The van der Waals surface area contributed by atoms with Gasteiger partial charge in [-0.15, -0.1) is 0 Å². The van der Waals surface area contributed by atoms with Crippen LogP contribution in [0, 0.1) is 5.92 Å². The molecule has 1 aliphatic heterocycles. The Hall–Kier alpha value is -1.35. The Kier molecular flexibility index (Phi) is 3.79. The normalized spacial score (nSPS) is 21.5. The minimum atomic E-state index is -0.400. The van der Waals surface area contributed by atoms with Gasteiger partial charge in [-0.05, 0) is 24.3 Å². The van der Waals surface area contributed by atoms with Crippen LogP contribution in [0.5, 0.6) is 0 Å². The van der Waals surface area contributed by atoms with Crippen LogP contribution in [0.15, 0.2) is 30.3 Å². The summed E-state index contributed by atoms with van der Waals surface area (Å²) < 4.78 is 0. The van der Waals surface area contributed by atoms with Crippen molar-refractivity contribution in [2.45, 2.75) is 25.8 Å². The van der Waals surface area contributed by atoms with Gasteiger partial charge < -0.3 is 10.6 Å². The van der Waals surface area contributed by atoms with Crippen LogP contribution in [-0.4, -0.2) is 29.9 Å². The zero-order chi connectivity index (χ0) is 12.3. The van der Waals surface area contributed by atoms with Gasteiger partial charge in [-0.3, -0.25) is 4.79 Å². The summed E-state index contributed by atoms with van der Waals surface area (Å²) in [4.78, 5) is 14.0.